The Bertz CT molecular complexity index is 1140. The van der Waals surface area contributed by atoms with E-state index in [-0.39, 0.29) is 16.0 Å². The highest BCUT2D eigenvalue weighted by atomic mass is 32.2. The van der Waals surface area contributed by atoms with Crippen molar-refractivity contribution >= 4 is 28.6 Å². The molecule has 1 aliphatic carbocycles. The topological polar surface area (TPSA) is 43.4 Å². The first-order valence-electron chi connectivity index (χ1n) is 12.3. The number of hydrogen-bond acceptors (Lipinski definition) is 3. The summed E-state index contributed by atoms with van der Waals surface area (Å²) in [5, 5.41) is 2.87. The Balaban J connectivity index is 1.73. The Morgan fingerprint density at radius 1 is 0.794 bits per heavy atom. The van der Waals surface area contributed by atoms with Crippen molar-refractivity contribution in [1.29, 1.82) is 0 Å². The molecular formula is C29H36O3SSi. The van der Waals surface area contributed by atoms with Crippen LogP contribution in [0.25, 0.3) is 0 Å². The molecule has 5 heteroatoms. The van der Waals surface area contributed by atoms with Crippen molar-refractivity contribution < 1.29 is 12.6 Å². The molecule has 3 aromatic rings. The van der Waals surface area contributed by atoms with Crippen molar-refractivity contribution in [2.75, 3.05) is 0 Å². The summed E-state index contributed by atoms with van der Waals surface area (Å²) in [7, 11) is -6.12. The molecular weight excluding hydrogens is 456 g/mol. The van der Waals surface area contributed by atoms with Gasteiger partial charge in [-0.25, -0.2) is 0 Å². The SMILES string of the molecule is Cc1ccc(S(=O)(=O)O[C@@H]2CCC[C@H]([Si](c3ccccc3)(c3ccccc3)C(C)(C)C)C2)cc1. The molecule has 0 radical (unpaired) electrons. The molecule has 0 N–H and O–H groups in total. The summed E-state index contributed by atoms with van der Waals surface area (Å²) in [6.07, 6.45) is 3.31. The second kappa shape index (κ2) is 9.80. The largest absolute Gasteiger partial charge is 0.297 e. The van der Waals surface area contributed by atoms with Crippen LogP contribution in [0.4, 0.5) is 0 Å². The second-order valence-electron chi connectivity index (χ2n) is 10.6. The minimum atomic E-state index is -3.79. The Labute approximate surface area is 206 Å². The van der Waals surface area contributed by atoms with Crippen LogP contribution in [0.15, 0.2) is 89.8 Å². The molecule has 1 aliphatic rings. The fourth-order valence-corrected chi connectivity index (χ4v) is 14.1. The molecule has 3 nitrogen and oxygen atoms in total. The summed E-state index contributed by atoms with van der Waals surface area (Å²) in [6.45, 7) is 9.05. The lowest BCUT2D eigenvalue weighted by Gasteiger charge is -2.51. The van der Waals surface area contributed by atoms with Crippen LogP contribution in [-0.4, -0.2) is 22.6 Å². The van der Waals surface area contributed by atoms with E-state index in [0.717, 1.165) is 31.2 Å². The molecule has 4 rings (SSSR count). The zero-order valence-electron chi connectivity index (χ0n) is 20.7. The number of aryl methyl sites for hydroxylation is 1. The average molecular weight is 493 g/mol. The summed E-state index contributed by atoms with van der Waals surface area (Å²) >= 11 is 0. The van der Waals surface area contributed by atoms with Gasteiger partial charge in [0, 0.05) is 0 Å². The molecule has 1 fully saturated rings. The summed E-state index contributed by atoms with van der Waals surface area (Å²) in [6, 6.07) is 28.8. The molecule has 3 aromatic carbocycles. The van der Waals surface area contributed by atoms with Crippen molar-refractivity contribution in [3.63, 3.8) is 0 Å². The standard InChI is InChI=1S/C29H36O3SSi/c1-23-18-20-25(21-19-23)33(30,31)32-24-12-11-17-28(22-24)34(29(2,3)4,26-13-7-5-8-14-26)27-15-9-6-10-16-27/h5-10,13-16,18-21,24,28H,11-12,17,22H2,1-4H3/t24-,28+/m1/s1. The monoisotopic (exact) mass is 492 g/mol. The van der Waals surface area contributed by atoms with Gasteiger partial charge in [-0.1, -0.05) is 122 Å². The summed E-state index contributed by atoms with van der Waals surface area (Å²) < 4.78 is 32.1. The van der Waals surface area contributed by atoms with E-state index in [4.69, 9.17) is 4.18 Å². The highest BCUT2D eigenvalue weighted by molar-refractivity contribution is 7.86. The maximum Gasteiger partial charge on any atom is 0.297 e. The fourth-order valence-electron chi connectivity index (χ4n) is 6.08. The smallest absolute Gasteiger partial charge is 0.263 e. The van der Waals surface area contributed by atoms with Gasteiger partial charge in [0.1, 0.15) is 8.07 Å². The summed E-state index contributed by atoms with van der Waals surface area (Å²) in [4.78, 5) is 0.241. The molecule has 0 aliphatic heterocycles. The first-order valence-corrected chi connectivity index (χ1v) is 15.7. The Kier molecular flexibility index (Phi) is 7.18. The molecule has 0 heterocycles. The third-order valence-corrected chi connectivity index (χ3v) is 15.4. The van der Waals surface area contributed by atoms with Gasteiger partial charge in [-0.2, -0.15) is 8.42 Å². The number of hydrogen-bond donors (Lipinski definition) is 0. The lowest BCUT2D eigenvalue weighted by atomic mass is 9.97. The van der Waals surface area contributed by atoms with E-state index < -0.39 is 18.2 Å². The van der Waals surface area contributed by atoms with Crippen molar-refractivity contribution in [3.8, 4) is 0 Å². The lowest BCUT2D eigenvalue weighted by molar-refractivity contribution is 0.160. The van der Waals surface area contributed by atoms with Crippen molar-refractivity contribution in [1.82, 2.24) is 0 Å². The van der Waals surface area contributed by atoms with E-state index >= 15 is 0 Å². The maximum absolute atomic E-state index is 13.1. The molecule has 1 saturated carbocycles. The number of benzene rings is 3. The van der Waals surface area contributed by atoms with Gasteiger partial charge < -0.3 is 0 Å². The van der Waals surface area contributed by atoms with Gasteiger partial charge in [0.05, 0.1) is 11.0 Å². The first kappa shape index (κ1) is 24.9. The molecule has 34 heavy (non-hydrogen) atoms. The molecule has 2 atom stereocenters. The minimum Gasteiger partial charge on any atom is -0.263 e. The van der Waals surface area contributed by atoms with Crippen LogP contribution in [0, 0.1) is 6.92 Å². The van der Waals surface area contributed by atoms with Crippen LogP contribution in [-0.2, 0) is 14.3 Å². The molecule has 0 bridgehead atoms. The second-order valence-corrected chi connectivity index (χ2v) is 17.3. The van der Waals surface area contributed by atoms with Gasteiger partial charge in [0.25, 0.3) is 10.1 Å². The molecule has 0 unspecified atom stereocenters. The van der Waals surface area contributed by atoms with Crippen LogP contribution in [0.2, 0.25) is 10.6 Å². The highest BCUT2D eigenvalue weighted by Gasteiger charge is 2.54. The van der Waals surface area contributed by atoms with Gasteiger partial charge in [0.2, 0.25) is 0 Å². The third kappa shape index (κ3) is 4.79. The normalized spacial score (nSPS) is 19.6. The molecule has 0 spiro atoms. The summed E-state index contributed by atoms with van der Waals surface area (Å²) in [5.41, 5.74) is 1.41. The van der Waals surface area contributed by atoms with E-state index in [1.807, 2.05) is 19.1 Å². The molecule has 0 saturated heterocycles. The Hall–Kier alpha value is -2.21. The third-order valence-electron chi connectivity index (χ3n) is 7.45. The Morgan fingerprint density at radius 2 is 1.32 bits per heavy atom. The predicted octanol–water partition coefficient (Wildman–Crippen LogP) is 6.08. The number of rotatable bonds is 6. The van der Waals surface area contributed by atoms with E-state index in [9.17, 15) is 8.42 Å². The summed E-state index contributed by atoms with van der Waals surface area (Å²) in [5.74, 6) is 0. The Morgan fingerprint density at radius 3 is 1.82 bits per heavy atom. The van der Waals surface area contributed by atoms with Crippen LogP contribution in [0.5, 0.6) is 0 Å². The van der Waals surface area contributed by atoms with Gasteiger partial charge in [-0.3, -0.25) is 4.18 Å². The zero-order chi connectivity index (χ0) is 24.4. The van der Waals surface area contributed by atoms with Gasteiger partial charge >= 0.3 is 0 Å². The zero-order valence-corrected chi connectivity index (χ0v) is 22.5. The highest BCUT2D eigenvalue weighted by Crippen LogP contribution is 2.49. The van der Waals surface area contributed by atoms with E-state index in [1.54, 1.807) is 12.1 Å². The van der Waals surface area contributed by atoms with Gasteiger partial charge in [0.15, 0.2) is 0 Å². The molecule has 0 amide bonds. The predicted molar refractivity (Wildman–Crippen MR) is 143 cm³/mol. The minimum absolute atomic E-state index is 0.0398. The van der Waals surface area contributed by atoms with Crippen LogP contribution in [0.1, 0.15) is 52.0 Å². The van der Waals surface area contributed by atoms with E-state index in [2.05, 4.69) is 81.4 Å². The lowest BCUT2D eigenvalue weighted by Crippen LogP contribution is -2.67. The van der Waals surface area contributed by atoms with Crippen LogP contribution >= 0.6 is 0 Å². The van der Waals surface area contributed by atoms with Crippen molar-refractivity contribution in [2.45, 2.75) is 75.0 Å². The van der Waals surface area contributed by atoms with Crippen molar-refractivity contribution in [3.05, 3.63) is 90.5 Å². The van der Waals surface area contributed by atoms with Crippen molar-refractivity contribution in [2.24, 2.45) is 0 Å². The van der Waals surface area contributed by atoms with Crippen LogP contribution < -0.4 is 10.4 Å². The maximum atomic E-state index is 13.1. The molecule has 180 valence electrons. The molecule has 0 aromatic heterocycles. The van der Waals surface area contributed by atoms with Gasteiger partial charge in [-0.05, 0) is 42.5 Å². The first-order chi connectivity index (χ1) is 16.1. The van der Waals surface area contributed by atoms with Gasteiger partial charge in [-0.15, -0.1) is 0 Å². The van der Waals surface area contributed by atoms with E-state index in [0.29, 0.717) is 5.54 Å². The van der Waals surface area contributed by atoms with Crippen LogP contribution in [0.3, 0.4) is 0 Å². The quantitative estimate of drug-likeness (QED) is 0.309. The average Bonchev–Trinajstić information content (AvgIpc) is 2.80. The fraction of sp³-hybridized carbons (Fsp3) is 0.379. The van der Waals surface area contributed by atoms with E-state index in [1.165, 1.54) is 10.4 Å².